The maximum absolute atomic E-state index is 12.8. The van der Waals surface area contributed by atoms with E-state index in [9.17, 15) is 4.79 Å². The Morgan fingerprint density at radius 1 is 1.17 bits per heavy atom. The molecule has 2 heterocycles. The van der Waals surface area contributed by atoms with Crippen LogP contribution in [0.3, 0.4) is 0 Å². The fourth-order valence-corrected chi connectivity index (χ4v) is 4.46. The summed E-state index contributed by atoms with van der Waals surface area (Å²) < 4.78 is 2.00. The lowest BCUT2D eigenvalue weighted by atomic mass is 10.0. The normalized spacial score (nSPS) is 19.7. The minimum atomic E-state index is 0. The van der Waals surface area contributed by atoms with Crippen molar-refractivity contribution >= 4 is 36.5 Å². The standard InChI is InChI=1S/C22H31N5O.2ClH/c1-2-17-7-9-18(10-8-17)20-15-23-13-14-26(20)16-22(28)25-21-11-12-24-27(21)19-5-3-4-6-19;;/h7-12,19-20,23H,2-6,13-16H2,1H3,(H,25,28);2*1H. The van der Waals surface area contributed by atoms with Crippen molar-refractivity contribution < 1.29 is 4.79 Å². The van der Waals surface area contributed by atoms with E-state index in [1.165, 1.54) is 24.0 Å². The van der Waals surface area contributed by atoms with Crippen molar-refractivity contribution in [1.82, 2.24) is 20.0 Å². The predicted molar refractivity (Wildman–Crippen MR) is 126 cm³/mol. The number of carbonyl (C=O) groups excluding carboxylic acids is 1. The third-order valence-corrected chi connectivity index (χ3v) is 6.08. The number of carbonyl (C=O) groups is 1. The van der Waals surface area contributed by atoms with E-state index in [0.717, 1.165) is 44.7 Å². The zero-order valence-corrected chi connectivity index (χ0v) is 19.2. The quantitative estimate of drug-likeness (QED) is 0.693. The number of benzene rings is 1. The molecule has 1 aromatic carbocycles. The van der Waals surface area contributed by atoms with Crippen molar-refractivity contribution in [2.24, 2.45) is 0 Å². The van der Waals surface area contributed by atoms with Crippen molar-refractivity contribution in [3.63, 3.8) is 0 Å². The van der Waals surface area contributed by atoms with Gasteiger partial charge in [0.25, 0.3) is 0 Å². The molecule has 6 nitrogen and oxygen atoms in total. The summed E-state index contributed by atoms with van der Waals surface area (Å²) >= 11 is 0. The smallest absolute Gasteiger partial charge is 0.239 e. The molecule has 2 aromatic rings. The minimum Gasteiger partial charge on any atom is -0.314 e. The molecule has 1 aromatic heterocycles. The summed E-state index contributed by atoms with van der Waals surface area (Å²) in [6, 6.07) is 11.4. The summed E-state index contributed by atoms with van der Waals surface area (Å²) in [4.78, 5) is 15.1. The Balaban J connectivity index is 0.00000160. The summed E-state index contributed by atoms with van der Waals surface area (Å²) in [5.41, 5.74) is 2.62. The number of amides is 1. The Morgan fingerprint density at radius 3 is 2.60 bits per heavy atom. The van der Waals surface area contributed by atoms with Gasteiger partial charge in [0, 0.05) is 31.7 Å². The van der Waals surface area contributed by atoms with Gasteiger partial charge in [-0.25, -0.2) is 4.68 Å². The molecule has 30 heavy (non-hydrogen) atoms. The van der Waals surface area contributed by atoms with E-state index < -0.39 is 0 Å². The fourth-order valence-electron chi connectivity index (χ4n) is 4.46. The molecule has 0 bridgehead atoms. The van der Waals surface area contributed by atoms with E-state index in [-0.39, 0.29) is 36.8 Å². The van der Waals surface area contributed by atoms with Crippen LogP contribution in [0.2, 0.25) is 0 Å². The molecule has 8 heteroatoms. The first-order valence-electron chi connectivity index (χ1n) is 10.6. The highest BCUT2D eigenvalue weighted by Gasteiger charge is 2.26. The molecule has 1 aliphatic carbocycles. The van der Waals surface area contributed by atoms with Gasteiger partial charge in [-0.1, -0.05) is 44.0 Å². The van der Waals surface area contributed by atoms with Gasteiger partial charge in [0.1, 0.15) is 5.82 Å². The fraction of sp³-hybridized carbons (Fsp3) is 0.545. The molecule has 2 aliphatic rings. The van der Waals surface area contributed by atoms with Crippen LogP contribution in [0.25, 0.3) is 0 Å². The number of rotatable bonds is 6. The van der Waals surface area contributed by atoms with Gasteiger partial charge in [0.2, 0.25) is 5.91 Å². The summed E-state index contributed by atoms with van der Waals surface area (Å²) in [7, 11) is 0. The Bertz CT molecular complexity index is 789. The van der Waals surface area contributed by atoms with Gasteiger partial charge in [0.05, 0.1) is 18.8 Å². The van der Waals surface area contributed by atoms with Gasteiger partial charge in [-0.3, -0.25) is 9.69 Å². The molecule has 2 N–H and O–H groups in total. The Kier molecular flexibility index (Phi) is 9.62. The molecule has 0 spiro atoms. The third-order valence-electron chi connectivity index (χ3n) is 6.08. The zero-order chi connectivity index (χ0) is 19.3. The first-order chi connectivity index (χ1) is 13.7. The van der Waals surface area contributed by atoms with Crippen molar-refractivity contribution in [3.05, 3.63) is 47.7 Å². The van der Waals surface area contributed by atoms with Crippen LogP contribution in [-0.4, -0.2) is 46.8 Å². The van der Waals surface area contributed by atoms with Crippen LogP contribution in [0.15, 0.2) is 36.5 Å². The number of piperazine rings is 1. The van der Waals surface area contributed by atoms with Gasteiger partial charge in [-0.2, -0.15) is 5.10 Å². The van der Waals surface area contributed by atoms with Gasteiger partial charge >= 0.3 is 0 Å². The van der Waals surface area contributed by atoms with E-state index in [0.29, 0.717) is 12.6 Å². The van der Waals surface area contributed by atoms with Crippen LogP contribution in [0.4, 0.5) is 5.82 Å². The summed E-state index contributed by atoms with van der Waals surface area (Å²) in [5, 5.41) is 11.0. The highest BCUT2D eigenvalue weighted by atomic mass is 35.5. The lowest BCUT2D eigenvalue weighted by Gasteiger charge is -2.36. The number of hydrogen-bond acceptors (Lipinski definition) is 4. The van der Waals surface area contributed by atoms with Gasteiger partial charge in [-0.15, -0.1) is 24.8 Å². The number of nitrogens with one attached hydrogen (secondary N) is 2. The molecule has 1 amide bonds. The van der Waals surface area contributed by atoms with E-state index in [4.69, 9.17) is 0 Å². The van der Waals surface area contributed by atoms with E-state index in [2.05, 4.69) is 51.8 Å². The molecule has 1 unspecified atom stereocenters. The van der Waals surface area contributed by atoms with Crippen molar-refractivity contribution in [3.8, 4) is 0 Å². The predicted octanol–water partition coefficient (Wildman–Crippen LogP) is 3.99. The maximum atomic E-state index is 12.8. The van der Waals surface area contributed by atoms with E-state index in [1.54, 1.807) is 6.20 Å². The number of anilines is 1. The molecule has 1 saturated carbocycles. The highest BCUT2D eigenvalue weighted by molar-refractivity contribution is 5.91. The summed E-state index contributed by atoms with van der Waals surface area (Å²) in [6.45, 7) is 5.23. The summed E-state index contributed by atoms with van der Waals surface area (Å²) in [5.74, 6) is 0.868. The second-order valence-corrected chi connectivity index (χ2v) is 7.93. The van der Waals surface area contributed by atoms with Crippen LogP contribution in [-0.2, 0) is 11.2 Å². The molecular weight excluding hydrogens is 421 g/mol. The second kappa shape index (κ2) is 11.7. The number of nitrogens with zero attached hydrogens (tertiary/aromatic N) is 3. The number of aromatic nitrogens is 2. The minimum absolute atomic E-state index is 0. The molecule has 1 aliphatic heterocycles. The molecule has 166 valence electrons. The Morgan fingerprint density at radius 2 is 1.90 bits per heavy atom. The molecule has 4 rings (SSSR count). The van der Waals surface area contributed by atoms with Crippen molar-refractivity contribution in [2.45, 2.75) is 51.1 Å². The molecule has 1 saturated heterocycles. The van der Waals surface area contributed by atoms with Gasteiger partial charge in [-0.05, 0) is 30.4 Å². The largest absolute Gasteiger partial charge is 0.314 e. The molecule has 1 atom stereocenters. The lowest BCUT2D eigenvalue weighted by molar-refractivity contribution is -0.118. The highest BCUT2D eigenvalue weighted by Crippen LogP contribution is 2.31. The Hall–Kier alpha value is -1.60. The van der Waals surface area contributed by atoms with Crippen LogP contribution < -0.4 is 10.6 Å². The number of hydrogen-bond donors (Lipinski definition) is 2. The van der Waals surface area contributed by atoms with Crippen LogP contribution >= 0.6 is 24.8 Å². The molecular formula is C22H33Cl2N5O. The van der Waals surface area contributed by atoms with Crippen molar-refractivity contribution in [2.75, 3.05) is 31.5 Å². The third kappa shape index (κ3) is 5.76. The lowest BCUT2D eigenvalue weighted by Crippen LogP contribution is -2.48. The molecule has 0 radical (unpaired) electrons. The van der Waals surface area contributed by atoms with Crippen molar-refractivity contribution in [1.29, 1.82) is 0 Å². The Labute approximate surface area is 191 Å². The zero-order valence-electron chi connectivity index (χ0n) is 17.5. The average Bonchev–Trinajstić information content (AvgIpc) is 3.40. The number of halogens is 2. The van der Waals surface area contributed by atoms with Gasteiger partial charge in [0.15, 0.2) is 0 Å². The van der Waals surface area contributed by atoms with E-state index in [1.807, 2.05) is 10.7 Å². The van der Waals surface area contributed by atoms with Crippen LogP contribution in [0, 0.1) is 0 Å². The first-order valence-corrected chi connectivity index (χ1v) is 10.6. The maximum Gasteiger partial charge on any atom is 0.239 e. The molecule has 2 fully saturated rings. The SMILES string of the molecule is CCc1ccc(C2CNCCN2CC(=O)Nc2ccnn2C2CCCC2)cc1.Cl.Cl. The van der Waals surface area contributed by atoms with E-state index >= 15 is 0 Å². The average molecular weight is 454 g/mol. The monoisotopic (exact) mass is 453 g/mol. The van der Waals surface area contributed by atoms with Crippen LogP contribution in [0.5, 0.6) is 0 Å². The second-order valence-electron chi connectivity index (χ2n) is 7.93. The first kappa shape index (κ1) is 24.7. The van der Waals surface area contributed by atoms with Crippen LogP contribution in [0.1, 0.15) is 55.8 Å². The van der Waals surface area contributed by atoms with Gasteiger partial charge < -0.3 is 10.6 Å². The number of aryl methyl sites for hydroxylation is 1. The topological polar surface area (TPSA) is 62.2 Å². The summed E-state index contributed by atoms with van der Waals surface area (Å²) in [6.07, 6.45) is 7.63.